The van der Waals surface area contributed by atoms with Crippen molar-refractivity contribution in [2.45, 2.75) is 13.0 Å². The number of nitrogens with one attached hydrogen (secondary N) is 2. The van der Waals surface area contributed by atoms with E-state index in [1.54, 1.807) is 0 Å². The molecular formula is C18H17ClN4O6S. The van der Waals surface area contributed by atoms with Crippen molar-refractivity contribution >= 4 is 51.5 Å². The number of anilines is 1. The van der Waals surface area contributed by atoms with Crippen LogP contribution < -0.4 is 10.6 Å². The lowest BCUT2D eigenvalue weighted by Crippen LogP contribution is -2.35. The number of carbonyl (C=O) groups excluding carboxylic acids is 3. The Morgan fingerprint density at radius 2 is 2.03 bits per heavy atom. The van der Waals surface area contributed by atoms with Crippen LogP contribution in [0.1, 0.15) is 31.2 Å². The molecule has 1 aromatic carbocycles. The summed E-state index contributed by atoms with van der Waals surface area (Å²) in [6.45, 7) is 0.581. The molecule has 3 rings (SSSR count). The zero-order valence-electron chi connectivity index (χ0n) is 16.0. The third-order valence-corrected chi connectivity index (χ3v) is 5.94. The summed E-state index contributed by atoms with van der Waals surface area (Å²) in [5.74, 6) is -1.17. The predicted molar refractivity (Wildman–Crippen MR) is 110 cm³/mol. The van der Waals surface area contributed by atoms with E-state index in [9.17, 15) is 24.5 Å². The van der Waals surface area contributed by atoms with Gasteiger partial charge in [-0.2, -0.15) is 0 Å². The van der Waals surface area contributed by atoms with Crippen LogP contribution >= 0.6 is 22.9 Å². The molecule has 1 aromatic heterocycles. The van der Waals surface area contributed by atoms with E-state index in [1.807, 2.05) is 0 Å². The molecule has 1 aliphatic heterocycles. The third kappa shape index (κ3) is 4.07. The Morgan fingerprint density at radius 1 is 1.30 bits per heavy atom. The first-order valence-electron chi connectivity index (χ1n) is 8.71. The van der Waals surface area contributed by atoms with Gasteiger partial charge in [0.15, 0.2) is 0 Å². The number of halogens is 1. The van der Waals surface area contributed by atoms with E-state index >= 15 is 0 Å². The standard InChI is InChI=1S/C18H17ClN4O6S/c1-20-16(25)14-10-5-6-22(18(26)29-2)8-13(10)30-17(14)21-15(24)11-7-9(19)3-4-12(11)23(27)28/h3-4,7H,5-6,8H2,1-2H3,(H,20,25)(H,21,24). The molecule has 10 nitrogen and oxygen atoms in total. The number of carbonyl (C=O) groups is 3. The van der Waals surface area contributed by atoms with Crippen LogP contribution in [0.15, 0.2) is 18.2 Å². The molecule has 158 valence electrons. The van der Waals surface area contributed by atoms with E-state index in [0.717, 1.165) is 27.8 Å². The first-order valence-corrected chi connectivity index (χ1v) is 9.91. The number of nitro groups is 1. The maximum Gasteiger partial charge on any atom is 0.409 e. The average molecular weight is 453 g/mol. The predicted octanol–water partition coefficient (Wildman–Crippen LogP) is 3.05. The minimum atomic E-state index is -0.766. The highest BCUT2D eigenvalue weighted by Gasteiger charge is 2.31. The maximum atomic E-state index is 12.8. The molecule has 0 spiro atoms. The number of hydrogen-bond donors (Lipinski definition) is 2. The van der Waals surface area contributed by atoms with Crippen LogP contribution in [0.4, 0.5) is 15.5 Å². The monoisotopic (exact) mass is 452 g/mol. The van der Waals surface area contributed by atoms with Crippen LogP contribution in [0, 0.1) is 10.1 Å². The summed E-state index contributed by atoms with van der Waals surface area (Å²) in [6, 6.07) is 3.66. The molecule has 3 amide bonds. The third-order valence-electron chi connectivity index (χ3n) is 4.57. The lowest BCUT2D eigenvalue weighted by Gasteiger charge is -2.25. The highest BCUT2D eigenvalue weighted by atomic mass is 35.5. The van der Waals surface area contributed by atoms with E-state index in [2.05, 4.69) is 10.6 Å². The van der Waals surface area contributed by atoms with Gasteiger partial charge >= 0.3 is 6.09 Å². The number of hydrogen-bond acceptors (Lipinski definition) is 7. The maximum absolute atomic E-state index is 12.8. The van der Waals surface area contributed by atoms with Crippen molar-refractivity contribution in [3.8, 4) is 0 Å². The Hall–Kier alpha value is -3.18. The fourth-order valence-electron chi connectivity index (χ4n) is 3.16. The van der Waals surface area contributed by atoms with Crippen molar-refractivity contribution in [3.63, 3.8) is 0 Å². The largest absolute Gasteiger partial charge is 0.453 e. The molecule has 2 N–H and O–H groups in total. The summed E-state index contributed by atoms with van der Waals surface area (Å²) in [6.07, 6.45) is -0.0904. The summed E-state index contributed by atoms with van der Waals surface area (Å²) in [5.41, 5.74) is 0.366. The van der Waals surface area contributed by atoms with Crippen LogP contribution in [0.2, 0.25) is 5.02 Å². The SMILES string of the molecule is CNC(=O)c1c(NC(=O)c2cc(Cl)ccc2[N+](=O)[O-])sc2c1CCN(C(=O)OC)C2. The summed E-state index contributed by atoms with van der Waals surface area (Å²) < 4.78 is 4.75. The van der Waals surface area contributed by atoms with Gasteiger partial charge in [0.05, 0.1) is 24.1 Å². The Morgan fingerprint density at radius 3 is 2.67 bits per heavy atom. The van der Waals surface area contributed by atoms with Gasteiger partial charge in [-0.1, -0.05) is 11.6 Å². The van der Waals surface area contributed by atoms with Crippen molar-refractivity contribution in [1.82, 2.24) is 10.2 Å². The fraction of sp³-hybridized carbons (Fsp3) is 0.278. The van der Waals surface area contributed by atoms with E-state index in [1.165, 1.54) is 31.2 Å². The molecule has 0 bridgehead atoms. The molecule has 12 heteroatoms. The minimum Gasteiger partial charge on any atom is -0.453 e. The van der Waals surface area contributed by atoms with Gasteiger partial charge in [0.1, 0.15) is 10.6 Å². The summed E-state index contributed by atoms with van der Waals surface area (Å²) >= 11 is 7.03. The molecule has 1 aliphatic rings. The quantitative estimate of drug-likeness (QED) is 0.541. The van der Waals surface area contributed by atoms with Crippen LogP contribution in [0.25, 0.3) is 0 Å². The second-order valence-corrected chi connectivity index (χ2v) is 7.84. The molecule has 2 heterocycles. The summed E-state index contributed by atoms with van der Waals surface area (Å²) in [5, 5.41) is 16.8. The van der Waals surface area contributed by atoms with Crippen molar-refractivity contribution in [2.24, 2.45) is 0 Å². The average Bonchev–Trinajstić information content (AvgIpc) is 3.08. The number of ether oxygens (including phenoxy) is 1. The van der Waals surface area contributed by atoms with Gasteiger partial charge in [-0.3, -0.25) is 19.7 Å². The van der Waals surface area contributed by atoms with Gasteiger partial charge in [-0.15, -0.1) is 11.3 Å². The number of methoxy groups -OCH3 is 1. The molecule has 0 saturated carbocycles. The number of amides is 3. The number of nitro benzene ring substituents is 1. The Balaban J connectivity index is 1.99. The molecule has 30 heavy (non-hydrogen) atoms. The second-order valence-electron chi connectivity index (χ2n) is 6.30. The lowest BCUT2D eigenvalue weighted by atomic mass is 10.0. The fourth-order valence-corrected chi connectivity index (χ4v) is 4.59. The van der Waals surface area contributed by atoms with Gasteiger partial charge < -0.3 is 20.3 Å². The molecule has 0 atom stereocenters. The van der Waals surface area contributed by atoms with Crippen LogP contribution in [0.5, 0.6) is 0 Å². The minimum absolute atomic E-state index is 0.163. The number of nitrogens with zero attached hydrogens (tertiary/aromatic N) is 2. The molecule has 0 fully saturated rings. The number of rotatable bonds is 4. The second kappa shape index (κ2) is 8.67. The van der Waals surface area contributed by atoms with Crippen molar-refractivity contribution < 1.29 is 24.0 Å². The Labute approximate surface area is 179 Å². The van der Waals surface area contributed by atoms with Crippen molar-refractivity contribution in [3.05, 3.63) is 54.9 Å². The van der Waals surface area contributed by atoms with E-state index in [0.29, 0.717) is 13.0 Å². The molecule has 0 aliphatic carbocycles. The number of thiophene rings is 1. The lowest BCUT2D eigenvalue weighted by molar-refractivity contribution is -0.385. The molecule has 0 unspecified atom stereocenters. The first kappa shape index (κ1) is 21.5. The van der Waals surface area contributed by atoms with E-state index in [-0.39, 0.29) is 27.7 Å². The van der Waals surface area contributed by atoms with Crippen LogP contribution in [0.3, 0.4) is 0 Å². The van der Waals surface area contributed by atoms with Crippen molar-refractivity contribution in [1.29, 1.82) is 0 Å². The van der Waals surface area contributed by atoms with Gasteiger partial charge in [-0.25, -0.2) is 4.79 Å². The molecular weight excluding hydrogens is 436 g/mol. The van der Waals surface area contributed by atoms with E-state index < -0.39 is 28.5 Å². The smallest absolute Gasteiger partial charge is 0.409 e. The Bertz CT molecular complexity index is 1050. The van der Waals surface area contributed by atoms with Gasteiger partial charge in [0.2, 0.25) is 0 Å². The Kier molecular flexibility index (Phi) is 6.22. The topological polar surface area (TPSA) is 131 Å². The zero-order valence-corrected chi connectivity index (χ0v) is 17.6. The van der Waals surface area contributed by atoms with Crippen molar-refractivity contribution in [2.75, 3.05) is 26.0 Å². The highest BCUT2D eigenvalue weighted by Crippen LogP contribution is 2.38. The molecule has 0 radical (unpaired) electrons. The molecule has 0 saturated heterocycles. The normalized spacial score (nSPS) is 12.7. The van der Waals surface area contributed by atoms with Crippen LogP contribution in [-0.2, 0) is 17.7 Å². The summed E-state index contributed by atoms with van der Waals surface area (Å²) in [7, 11) is 2.75. The number of benzene rings is 1. The highest BCUT2D eigenvalue weighted by molar-refractivity contribution is 7.17. The van der Waals surface area contributed by atoms with E-state index in [4.69, 9.17) is 16.3 Å². The van der Waals surface area contributed by atoms with Gasteiger partial charge in [0, 0.05) is 29.6 Å². The first-order chi connectivity index (χ1) is 14.3. The molecule has 2 aromatic rings. The van der Waals surface area contributed by atoms with Crippen LogP contribution in [-0.4, -0.2) is 48.4 Å². The summed E-state index contributed by atoms with van der Waals surface area (Å²) in [4.78, 5) is 49.9. The zero-order chi connectivity index (χ0) is 22.0. The van der Waals surface area contributed by atoms with Gasteiger partial charge in [0.25, 0.3) is 17.5 Å². The number of fused-ring (bicyclic) bond motifs is 1. The van der Waals surface area contributed by atoms with Gasteiger partial charge in [-0.05, 0) is 24.1 Å².